The molecule has 0 bridgehead atoms. The van der Waals surface area contributed by atoms with E-state index in [0.29, 0.717) is 26.2 Å². The van der Waals surface area contributed by atoms with Crippen LogP contribution in [0.2, 0.25) is 0 Å². The average molecular weight is 460 g/mol. The molecule has 1 fully saturated rings. The van der Waals surface area contributed by atoms with E-state index in [1.165, 1.54) is 0 Å². The molecule has 1 aliphatic rings. The van der Waals surface area contributed by atoms with Crippen molar-refractivity contribution in [1.29, 1.82) is 0 Å². The fourth-order valence-corrected chi connectivity index (χ4v) is 2.35. The molecule has 140 valence electrons. The number of ether oxygens (including phenoxy) is 1. The van der Waals surface area contributed by atoms with Gasteiger partial charge in [0.25, 0.3) is 0 Å². The van der Waals surface area contributed by atoms with Gasteiger partial charge in [-0.05, 0) is 30.9 Å². The Hall–Kier alpha value is -1.35. The minimum absolute atomic E-state index is 0. The van der Waals surface area contributed by atoms with Crippen LogP contribution in [0.4, 0.5) is 0 Å². The van der Waals surface area contributed by atoms with Gasteiger partial charge >= 0.3 is 0 Å². The number of halogens is 1. The highest BCUT2D eigenvalue weighted by atomic mass is 127. The number of nitrogens with one attached hydrogen (secondary N) is 3. The lowest BCUT2D eigenvalue weighted by atomic mass is 10.1. The van der Waals surface area contributed by atoms with Gasteiger partial charge < -0.3 is 20.7 Å². The van der Waals surface area contributed by atoms with Crippen molar-refractivity contribution in [2.75, 3.05) is 26.7 Å². The maximum atomic E-state index is 11.6. The van der Waals surface area contributed by atoms with Crippen LogP contribution in [-0.4, -0.2) is 38.6 Å². The molecule has 0 saturated heterocycles. The lowest BCUT2D eigenvalue weighted by Gasteiger charge is -2.12. The summed E-state index contributed by atoms with van der Waals surface area (Å²) in [6, 6.07) is 8.23. The molecule has 0 heterocycles. The van der Waals surface area contributed by atoms with E-state index in [4.69, 9.17) is 4.74 Å². The maximum Gasteiger partial charge on any atom is 0.223 e. The van der Waals surface area contributed by atoms with Gasteiger partial charge in [0.05, 0.1) is 13.2 Å². The number of rotatable bonds is 9. The normalized spacial score (nSPS) is 13.8. The van der Waals surface area contributed by atoms with Crippen LogP contribution < -0.4 is 16.0 Å². The Morgan fingerprint density at radius 2 is 1.92 bits per heavy atom. The largest absolute Gasteiger partial charge is 0.380 e. The molecule has 3 N–H and O–H groups in total. The van der Waals surface area contributed by atoms with Gasteiger partial charge in [0, 0.05) is 32.7 Å². The predicted molar refractivity (Wildman–Crippen MR) is 111 cm³/mol. The fraction of sp³-hybridized carbons (Fsp3) is 0.556. The number of benzene rings is 1. The van der Waals surface area contributed by atoms with Gasteiger partial charge in [0.1, 0.15) is 0 Å². The van der Waals surface area contributed by atoms with Crippen LogP contribution in [0.5, 0.6) is 0 Å². The minimum Gasteiger partial charge on any atom is -0.380 e. The van der Waals surface area contributed by atoms with Gasteiger partial charge in [-0.1, -0.05) is 24.3 Å². The maximum absolute atomic E-state index is 11.6. The molecule has 0 unspecified atom stereocenters. The summed E-state index contributed by atoms with van der Waals surface area (Å²) < 4.78 is 5.16. The standard InChI is InChI=1S/C18H28N4O2.HI/c1-3-19-18(21-10-9-20-17(23)16-7-8-16)22-12-14-5-4-6-15(11-14)13-24-2;/h4-6,11,16H,3,7-10,12-13H2,1-2H3,(H,20,23)(H2,19,21,22);1H. The van der Waals surface area contributed by atoms with Crippen LogP contribution in [0.15, 0.2) is 29.3 Å². The topological polar surface area (TPSA) is 74.8 Å². The Balaban J connectivity index is 0.00000312. The number of methoxy groups -OCH3 is 1. The monoisotopic (exact) mass is 460 g/mol. The van der Waals surface area contributed by atoms with Gasteiger partial charge in [-0.3, -0.25) is 4.79 Å². The second-order valence-corrected chi connectivity index (χ2v) is 5.94. The molecule has 25 heavy (non-hydrogen) atoms. The lowest BCUT2D eigenvalue weighted by molar-refractivity contribution is -0.122. The van der Waals surface area contributed by atoms with Crippen LogP contribution in [0.3, 0.4) is 0 Å². The molecule has 0 aromatic heterocycles. The molecule has 0 radical (unpaired) electrons. The van der Waals surface area contributed by atoms with Crippen molar-refractivity contribution < 1.29 is 9.53 Å². The molecule has 2 rings (SSSR count). The zero-order valence-electron chi connectivity index (χ0n) is 15.0. The molecule has 0 aliphatic heterocycles. The molecule has 7 heteroatoms. The van der Waals surface area contributed by atoms with E-state index in [1.54, 1.807) is 7.11 Å². The van der Waals surface area contributed by atoms with Crippen LogP contribution in [0.1, 0.15) is 30.9 Å². The third kappa shape index (κ3) is 8.53. The van der Waals surface area contributed by atoms with Crippen molar-refractivity contribution in [2.45, 2.75) is 32.9 Å². The lowest BCUT2D eigenvalue weighted by Crippen LogP contribution is -2.41. The van der Waals surface area contributed by atoms with E-state index in [2.05, 4.69) is 33.1 Å². The first-order valence-corrected chi connectivity index (χ1v) is 8.59. The molecule has 1 amide bonds. The second kappa shape index (κ2) is 12.1. The first-order valence-electron chi connectivity index (χ1n) is 8.59. The van der Waals surface area contributed by atoms with Crippen molar-refractivity contribution >= 4 is 35.8 Å². The average Bonchev–Trinajstić information content (AvgIpc) is 3.42. The van der Waals surface area contributed by atoms with Crippen molar-refractivity contribution in [3.05, 3.63) is 35.4 Å². The molecule has 0 spiro atoms. The summed E-state index contributed by atoms with van der Waals surface area (Å²) in [5.74, 6) is 1.19. The van der Waals surface area contributed by atoms with Crippen molar-refractivity contribution in [3.63, 3.8) is 0 Å². The first kappa shape index (κ1) is 21.7. The zero-order chi connectivity index (χ0) is 17.2. The molecule has 1 aromatic rings. The fourth-order valence-electron chi connectivity index (χ4n) is 2.35. The van der Waals surface area contributed by atoms with Gasteiger partial charge in [-0.2, -0.15) is 0 Å². The number of nitrogens with zero attached hydrogens (tertiary/aromatic N) is 1. The van der Waals surface area contributed by atoms with E-state index in [9.17, 15) is 4.79 Å². The summed E-state index contributed by atoms with van der Waals surface area (Å²) >= 11 is 0. The quantitative estimate of drug-likeness (QED) is 0.228. The van der Waals surface area contributed by atoms with Gasteiger partial charge in [-0.15, -0.1) is 24.0 Å². The Kier molecular flexibility index (Phi) is 10.5. The summed E-state index contributed by atoms with van der Waals surface area (Å²) in [5.41, 5.74) is 2.29. The Labute approximate surface area is 167 Å². The molecule has 1 aliphatic carbocycles. The smallest absolute Gasteiger partial charge is 0.223 e. The molecular formula is C18H29IN4O2. The number of hydrogen-bond acceptors (Lipinski definition) is 3. The highest BCUT2D eigenvalue weighted by Gasteiger charge is 2.28. The van der Waals surface area contributed by atoms with E-state index in [-0.39, 0.29) is 35.8 Å². The Morgan fingerprint density at radius 1 is 1.20 bits per heavy atom. The SMILES string of the molecule is CCNC(=NCc1cccc(COC)c1)NCCNC(=O)C1CC1.I. The molecule has 1 saturated carbocycles. The molecule has 0 atom stereocenters. The van der Waals surface area contributed by atoms with Crippen molar-refractivity contribution in [3.8, 4) is 0 Å². The molecule has 6 nitrogen and oxygen atoms in total. The van der Waals surface area contributed by atoms with Crippen LogP contribution >= 0.6 is 24.0 Å². The number of amides is 1. The first-order chi connectivity index (χ1) is 11.7. The third-order valence-electron chi connectivity index (χ3n) is 3.73. The van der Waals surface area contributed by atoms with E-state index < -0.39 is 0 Å². The minimum atomic E-state index is 0. The Bertz CT molecular complexity index is 562. The van der Waals surface area contributed by atoms with Gasteiger partial charge in [0.15, 0.2) is 5.96 Å². The zero-order valence-corrected chi connectivity index (χ0v) is 17.3. The summed E-state index contributed by atoms with van der Waals surface area (Å²) in [5, 5.41) is 9.40. The highest BCUT2D eigenvalue weighted by molar-refractivity contribution is 14.0. The number of carbonyl (C=O) groups excluding carboxylic acids is 1. The van der Waals surface area contributed by atoms with Gasteiger partial charge in [0.2, 0.25) is 5.91 Å². The summed E-state index contributed by atoms with van der Waals surface area (Å²) in [6.07, 6.45) is 2.07. The van der Waals surface area contributed by atoms with E-state index in [1.807, 2.05) is 19.1 Å². The third-order valence-corrected chi connectivity index (χ3v) is 3.73. The van der Waals surface area contributed by atoms with E-state index >= 15 is 0 Å². The number of hydrogen-bond donors (Lipinski definition) is 3. The molecular weight excluding hydrogens is 431 g/mol. The summed E-state index contributed by atoms with van der Waals surface area (Å²) in [4.78, 5) is 16.2. The summed E-state index contributed by atoms with van der Waals surface area (Å²) in [6.45, 7) is 5.31. The van der Waals surface area contributed by atoms with Crippen LogP contribution in [0, 0.1) is 5.92 Å². The van der Waals surface area contributed by atoms with Crippen LogP contribution in [0.25, 0.3) is 0 Å². The second-order valence-electron chi connectivity index (χ2n) is 5.94. The van der Waals surface area contributed by atoms with E-state index in [0.717, 1.165) is 36.5 Å². The van der Waals surface area contributed by atoms with Crippen molar-refractivity contribution in [1.82, 2.24) is 16.0 Å². The number of carbonyl (C=O) groups is 1. The molecule has 1 aromatic carbocycles. The number of guanidine groups is 1. The highest BCUT2D eigenvalue weighted by Crippen LogP contribution is 2.28. The Morgan fingerprint density at radius 3 is 2.60 bits per heavy atom. The van der Waals surface area contributed by atoms with Crippen molar-refractivity contribution in [2.24, 2.45) is 10.9 Å². The van der Waals surface area contributed by atoms with Gasteiger partial charge in [-0.25, -0.2) is 4.99 Å². The van der Waals surface area contributed by atoms with Crippen LogP contribution in [-0.2, 0) is 22.7 Å². The predicted octanol–water partition coefficient (Wildman–Crippen LogP) is 2.03. The summed E-state index contributed by atoms with van der Waals surface area (Å²) in [7, 11) is 1.69. The number of aliphatic imine (C=N–C) groups is 1.